The number of fused-ring (bicyclic) bond motifs is 1. The number of hydrogen-bond donors (Lipinski definition) is 5. The van der Waals surface area contributed by atoms with Crippen LogP contribution in [-0.2, 0) is 29.8 Å². The van der Waals surface area contributed by atoms with Crippen molar-refractivity contribution in [3.8, 4) is 0 Å². The van der Waals surface area contributed by atoms with E-state index >= 15 is 0 Å². The van der Waals surface area contributed by atoms with E-state index in [1.165, 1.54) is 0 Å². The molecule has 1 aliphatic rings. The van der Waals surface area contributed by atoms with Crippen molar-refractivity contribution in [1.29, 1.82) is 0 Å². The highest BCUT2D eigenvalue weighted by Crippen LogP contribution is 2.50. The summed E-state index contributed by atoms with van der Waals surface area (Å²) in [5, 5.41) is 20.8. The normalized spacial score (nSPS) is 18.9. The predicted octanol–water partition coefficient (Wildman–Crippen LogP) is 4.05. The summed E-state index contributed by atoms with van der Waals surface area (Å²) in [7, 11) is -2.86. The molecule has 0 spiro atoms. The van der Waals surface area contributed by atoms with Crippen LogP contribution in [0.3, 0.4) is 0 Å². The second kappa shape index (κ2) is 11.9. The number of halogens is 2. The van der Waals surface area contributed by atoms with E-state index in [4.69, 9.17) is 4.52 Å². The Balaban J connectivity index is 1.50. The van der Waals surface area contributed by atoms with Crippen molar-refractivity contribution in [1.82, 2.24) is 15.8 Å². The average Bonchev–Trinajstić information content (AvgIpc) is 3.24. The minimum Gasteiger partial charge on any atom is -0.390 e. The molecular formula is C27H33F2N3O5S. The third-order valence-electron chi connectivity index (χ3n) is 6.59. The van der Waals surface area contributed by atoms with E-state index in [-0.39, 0.29) is 36.5 Å². The molecule has 2 heterocycles. The fourth-order valence-electron chi connectivity index (χ4n) is 4.74. The summed E-state index contributed by atoms with van der Waals surface area (Å²) in [5.41, 5.74) is 3.77. The van der Waals surface area contributed by atoms with E-state index in [0.717, 1.165) is 41.3 Å². The number of nitrogens with zero attached hydrogens (tertiary/aromatic N) is 1. The minimum atomic E-state index is -2.86. The second-order valence-corrected chi connectivity index (χ2v) is 12.0. The first-order chi connectivity index (χ1) is 18.0. The van der Waals surface area contributed by atoms with Crippen LogP contribution in [0, 0.1) is 18.6 Å². The van der Waals surface area contributed by atoms with E-state index in [0.29, 0.717) is 11.5 Å². The van der Waals surface area contributed by atoms with Crippen LogP contribution in [0.25, 0.3) is 0 Å². The molecule has 0 aliphatic carbocycles. The highest BCUT2D eigenvalue weighted by Gasteiger charge is 2.31. The smallest absolute Gasteiger partial charge is 0.228 e. The van der Waals surface area contributed by atoms with E-state index < -0.39 is 46.3 Å². The number of aryl methyl sites for hydroxylation is 2. The number of nitrogens with one attached hydrogen (secondary N) is 2. The van der Waals surface area contributed by atoms with Crippen LogP contribution >= 0.6 is 10.6 Å². The largest absolute Gasteiger partial charge is 0.390 e. The lowest BCUT2D eigenvalue weighted by Crippen LogP contribution is -2.50. The molecule has 1 aromatic heterocycles. The molecule has 4 rings (SSSR count). The Bertz CT molecular complexity index is 1270. The molecule has 2 aromatic carbocycles. The lowest BCUT2D eigenvalue weighted by atomic mass is 9.97. The topological polar surface area (TPSA) is 128 Å². The monoisotopic (exact) mass is 549 g/mol. The molecule has 0 fully saturated rings. The summed E-state index contributed by atoms with van der Waals surface area (Å²) < 4.78 is 53.7. The van der Waals surface area contributed by atoms with Gasteiger partial charge in [-0.05, 0) is 54.2 Å². The lowest BCUT2D eigenvalue weighted by Gasteiger charge is -2.42. The Morgan fingerprint density at radius 2 is 1.89 bits per heavy atom. The molecule has 0 unspecified atom stereocenters. The molecule has 3 atom stereocenters. The molecule has 5 N–H and O–H groups in total. The highest BCUT2D eigenvalue weighted by atomic mass is 32.3. The van der Waals surface area contributed by atoms with Crippen molar-refractivity contribution >= 4 is 16.5 Å². The fraction of sp³-hybridized carbons (Fsp3) is 0.407. The van der Waals surface area contributed by atoms with Gasteiger partial charge in [0.25, 0.3) is 0 Å². The van der Waals surface area contributed by atoms with Crippen LogP contribution in [0.15, 0.2) is 47.0 Å². The third kappa shape index (κ3) is 7.39. The first kappa shape index (κ1) is 28.2. The second-order valence-electron chi connectivity index (χ2n) is 9.80. The average molecular weight is 550 g/mol. The maximum Gasteiger partial charge on any atom is 0.228 e. The van der Waals surface area contributed by atoms with Crippen molar-refractivity contribution in [3.63, 3.8) is 0 Å². The van der Waals surface area contributed by atoms with Crippen molar-refractivity contribution in [2.45, 2.75) is 57.1 Å². The molecule has 11 heteroatoms. The number of hydrogen-bond acceptors (Lipinski definition) is 7. The van der Waals surface area contributed by atoms with Gasteiger partial charge in [-0.3, -0.25) is 13.9 Å². The first-order valence-electron chi connectivity index (χ1n) is 12.4. The van der Waals surface area contributed by atoms with Gasteiger partial charge in [0, 0.05) is 18.7 Å². The Morgan fingerprint density at radius 3 is 2.55 bits per heavy atom. The Hall–Kier alpha value is -2.83. The first-order valence-corrected chi connectivity index (χ1v) is 14.3. The van der Waals surface area contributed by atoms with Crippen LogP contribution in [-0.4, -0.2) is 49.7 Å². The van der Waals surface area contributed by atoms with E-state index in [1.807, 2.05) is 25.1 Å². The maximum absolute atomic E-state index is 13.8. The maximum atomic E-state index is 13.8. The van der Waals surface area contributed by atoms with Crippen LogP contribution in [0.2, 0.25) is 0 Å². The van der Waals surface area contributed by atoms with Gasteiger partial charge in [0.15, 0.2) is 0 Å². The zero-order valence-electron chi connectivity index (χ0n) is 21.3. The van der Waals surface area contributed by atoms with E-state index in [1.54, 1.807) is 13.0 Å². The number of aliphatic hydroxyl groups is 1. The van der Waals surface area contributed by atoms with Crippen LogP contribution in [0.4, 0.5) is 8.78 Å². The Kier molecular flexibility index (Phi) is 8.84. The van der Waals surface area contributed by atoms with Gasteiger partial charge in [-0.1, -0.05) is 30.3 Å². The number of rotatable bonds is 10. The van der Waals surface area contributed by atoms with E-state index in [2.05, 4.69) is 15.8 Å². The zero-order valence-corrected chi connectivity index (χ0v) is 22.1. The number of carbonyl (C=O) groups is 1. The summed E-state index contributed by atoms with van der Waals surface area (Å²) in [6, 6.07) is 9.26. The molecule has 0 bridgehead atoms. The van der Waals surface area contributed by atoms with Crippen molar-refractivity contribution in [3.05, 3.63) is 87.8 Å². The Morgan fingerprint density at radius 1 is 1.16 bits per heavy atom. The van der Waals surface area contributed by atoms with Gasteiger partial charge in [-0.15, -0.1) is 0 Å². The summed E-state index contributed by atoms with van der Waals surface area (Å²) in [5.74, 6) is -1.35. The molecule has 38 heavy (non-hydrogen) atoms. The van der Waals surface area contributed by atoms with Gasteiger partial charge in [0.2, 0.25) is 5.91 Å². The van der Waals surface area contributed by atoms with Gasteiger partial charge >= 0.3 is 0 Å². The van der Waals surface area contributed by atoms with Gasteiger partial charge in [0.1, 0.15) is 17.4 Å². The van der Waals surface area contributed by atoms with Crippen LogP contribution in [0.1, 0.15) is 46.7 Å². The predicted molar refractivity (Wildman–Crippen MR) is 141 cm³/mol. The van der Waals surface area contributed by atoms with Crippen molar-refractivity contribution < 1.29 is 32.3 Å². The van der Waals surface area contributed by atoms with Crippen LogP contribution in [0.5, 0.6) is 0 Å². The number of aliphatic hydroxyl groups excluding tert-OH is 1. The van der Waals surface area contributed by atoms with Crippen molar-refractivity contribution in [2.24, 2.45) is 0 Å². The number of aromatic nitrogens is 1. The minimum absolute atomic E-state index is 0.0138. The summed E-state index contributed by atoms with van der Waals surface area (Å²) in [4.78, 5) is 12.7. The molecule has 0 radical (unpaired) electrons. The molecular weight excluding hydrogens is 516 g/mol. The molecule has 1 amide bonds. The fourth-order valence-corrected chi connectivity index (χ4v) is 6.45. The van der Waals surface area contributed by atoms with Crippen molar-refractivity contribution in [2.75, 3.05) is 12.3 Å². The Labute approximate surface area is 221 Å². The summed E-state index contributed by atoms with van der Waals surface area (Å²) in [6.07, 6.45) is -0.494. The molecule has 0 saturated heterocycles. The van der Waals surface area contributed by atoms with Gasteiger partial charge in [-0.2, -0.15) is 10.6 Å². The molecule has 1 aliphatic heterocycles. The standard InChI is InChI=1S/C27H33F2N3O5S/c1-3-17-4-5-19-14-38(35,36)15-25(23(19)9-17)30-13-26(33)24(10-18-7-20(28)11-21(29)8-18)31-27(34)12-22-6-16(2)32-37-22/h4-9,11,24-26,30,33,35-36H,3,10,12-15H2,1-2H3,(H,31,34)/t24-,25-,26+/m0/s1. The number of benzene rings is 2. The van der Waals surface area contributed by atoms with Crippen LogP contribution < -0.4 is 10.6 Å². The summed E-state index contributed by atoms with van der Waals surface area (Å²) >= 11 is 0. The quantitative estimate of drug-likeness (QED) is 0.258. The molecule has 8 nitrogen and oxygen atoms in total. The highest BCUT2D eigenvalue weighted by molar-refractivity contribution is 8.23. The van der Waals surface area contributed by atoms with E-state index in [9.17, 15) is 27.8 Å². The zero-order chi connectivity index (χ0) is 27.4. The van der Waals surface area contributed by atoms with Gasteiger partial charge in [0.05, 0.1) is 41.8 Å². The van der Waals surface area contributed by atoms with Gasteiger partial charge in [-0.25, -0.2) is 8.78 Å². The third-order valence-corrected chi connectivity index (χ3v) is 8.23. The number of amides is 1. The van der Waals surface area contributed by atoms with Gasteiger partial charge < -0.3 is 20.3 Å². The molecule has 206 valence electrons. The molecule has 3 aromatic rings. The molecule has 0 saturated carbocycles. The lowest BCUT2D eigenvalue weighted by molar-refractivity contribution is -0.122. The number of carbonyl (C=O) groups excluding carboxylic acids is 1. The summed E-state index contributed by atoms with van der Waals surface area (Å²) in [6.45, 7) is 3.75. The SMILES string of the molecule is CCc1ccc2c(c1)[C@@H](NC[C@@H](O)[C@H](Cc1cc(F)cc(F)c1)NC(=O)Cc1cc(C)no1)CS(O)(O)C2.